The van der Waals surface area contributed by atoms with Crippen molar-refractivity contribution in [1.82, 2.24) is 5.48 Å². The fourth-order valence-corrected chi connectivity index (χ4v) is 4.12. The highest BCUT2D eigenvalue weighted by atomic mass is 16.6. The van der Waals surface area contributed by atoms with Gasteiger partial charge in [-0.2, -0.15) is 0 Å². The minimum atomic E-state index is -0.600. The van der Waals surface area contributed by atoms with Crippen molar-refractivity contribution in [3.05, 3.63) is 96.6 Å². The van der Waals surface area contributed by atoms with E-state index in [2.05, 4.69) is 5.32 Å². The maximum Gasteiger partial charge on any atom is 0.412 e. The van der Waals surface area contributed by atoms with Crippen molar-refractivity contribution >= 4 is 39.2 Å². The lowest BCUT2D eigenvalue weighted by atomic mass is 9.96. The zero-order valence-electron chi connectivity index (χ0n) is 19.0. The topological polar surface area (TPSA) is 108 Å². The summed E-state index contributed by atoms with van der Waals surface area (Å²) in [4.78, 5) is 24.2. The lowest BCUT2D eigenvalue weighted by Crippen LogP contribution is -2.18. The lowest BCUT2D eigenvalue weighted by Gasteiger charge is -2.21. The number of aromatic hydroxyl groups is 1. The molecule has 7 nitrogen and oxygen atoms in total. The number of nitrogens with one attached hydrogen (secondary N) is 2. The number of carbonyl (C=O) groups is 2. The number of amides is 2. The summed E-state index contributed by atoms with van der Waals surface area (Å²) in [6.45, 7) is 0. The number of phenols is 1. The molecule has 4 N–H and O–H groups in total. The van der Waals surface area contributed by atoms with Gasteiger partial charge in [0.2, 0.25) is 0 Å². The summed E-state index contributed by atoms with van der Waals surface area (Å²) in [5, 5.41) is 25.1. The van der Waals surface area contributed by atoms with Crippen LogP contribution in [0.2, 0.25) is 0 Å². The molecular formula is C28H26N2O5. The maximum absolute atomic E-state index is 13.0. The number of phenolic OH excluding ortho intramolecular Hbond substituents is 1. The summed E-state index contributed by atoms with van der Waals surface area (Å²) in [6, 6.07) is 24.2. The Morgan fingerprint density at radius 3 is 2.40 bits per heavy atom. The monoisotopic (exact) mass is 470 g/mol. The van der Waals surface area contributed by atoms with Gasteiger partial charge in [-0.3, -0.25) is 15.3 Å². The number of benzene rings is 4. The Kier molecular flexibility index (Phi) is 7.60. The van der Waals surface area contributed by atoms with Crippen LogP contribution in [-0.4, -0.2) is 22.3 Å². The van der Waals surface area contributed by atoms with E-state index in [4.69, 9.17) is 9.94 Å². The van der Waals surface area contributed by atoms with E-state index in [1.54, 1.807) is 23.7 Å². The van der Waals surface area contributed by atoms with E-state index < -0.39 is 18.1 Å². The highest BCUT2D eigenvalue weighted by molar-refractivity contribution is 6.00. The number of fused-ring (bicyclic) bond motifs is 2. The number of ether oxygens (including phenoxy) is 1. The van der Waals surface area contributed by atoms with E-state index in [1.165, 1.54) is 6.08 Å². The average Bonchev–Trinajstić information content (AvgIpc) is 2.88. The highest BCUT2D eigenvalue weighted by Crippen LogP contribution is 2.35. The fourth-order valence-electron chi connectivity index (χ4n) is 4.12. The summed E-state index contributed by atoms with van der Waals surface area (Å²) in [5.41, 5.74) is 2.98. The average molecular weight is 471 g/mol. The van der Waals surface area contributed by atoms with Crippen molar-refractivity contribution in [3.8, 4) is 5.75 Å². The second-order valence-corrected chi connectivity index (χ2v) is 8.07. The van der Waals surface area contributed by atoms with Crippen molar-refractivity contribution in [2.24, 2.45) is 0 Å². The molecule has 2 amide bonds. The van der Waals surface area contributed by atoms with E-state index in [0.717, 1.165) is 21.7 Å². The first-order valence-electron chi connectivity index (χ1n) is 11.3. The van der Waals surface area contributed by atoms with Gasteiger partial charge >= 0.3 is 6.09 Å². The van der Waals surface area contributed by atoms with E-state index in [1.807, 2.05) is 66.7 Å². The normalized spacial score (nSPS) is 12.0. The number of rotatable bonds is 8. The third-order valence-electron chi connectivity index (χ3n) is 5.77. The number of unbranched alkanes of at least 4 members (excludes halogenated alkanes) is 1. The summed E-state index contributed by atoms with van der Waals surface area (Å²) in [6.07, 6.45) is 3.38. The third-order valence-corrected chi connectivity index (χ3v) is 5.77. The Hall–Kier alpha value is -4.36. The summed E-state index contributed by atoms with van der Waals surface area (Å²) in [5.74, 6) is -0.446. The molecule has 0 saturated heterocycles. The smallest absolute Gasteiger partial charge is 0.412 e. The molecule has 0 radical (unpaired) electrons. The van der Waals surface area contributed by atoms with Crippen molar-refractivity contribution in [1.29, 1.82) is 0 Å². The van der Waals surface area contributed by atoms with Crippen LogP contribution in [0.5, 0.6) is 5.75 Å². The number of hydroxylamine groups is 1. The molecule has 0 unspecified atom stereocenters. The van der Waals surface area contributed by atoms with Crippen LogP contribution in [0, 0.1) is 0 Å². The summed E-state index contributed by atoms with van der Waals surface area (Å²) >= 11 is 0. The Morgan fingerprint density at radius 1 is 0.886 bits per heavy atom. The van der Waals surface area contributed by atoms with Gasteiger partial charge in [0.25, 0.3) is 5.91 Å². The van der Waals surface area contributed by atoms with Crippen LogP contribution in [0.25, 0.3) is 21.5 Å². The van der Waals surface area contributed by atoms with Crippen LogP contribution in [0.4, 0.5) is 10.5 Å². The number of allylic oxidation sites excluding steroid dienone is 1. The molecule has 178 valence electrons. The molecule has 7 heteroatoms. The second-order valence-electron chi connectivity index (χ2n) is 8.07. The molecule has 0 fully saturated rings. The first kappa shape index (κ1) is 23.8. The van der Waals surface area contributed by atoms with Crippen LogP contribution in [-0.2, 0) is 9.53 Å². The van der Waals surface area contributed by atoms with Crippen LogP contribution < -0.4 is 10.8 Å². The van der Waals surface area contributed by atoms with E-state index >= 15 is 0 Å². The fraction of sp³-hybridized carbons (Fsp3) is 0.143. The zero-order chi connectivity index (χ0) is 24.6. The molecule has 0 aromatic heterocycles. The first-order chi connectivity index (χ1) is 17.1. The van der Waals surface area contributed by atoms with Crippen molar-refractivity contribution < 1.29 is 24.6 Å². The Balaban J connectivity index is 1.57. The molecule has 4 rings (SSSR count). The van der Waals surface area contributed by atoms with Crippen molar-refractivity contribution in [2.75, 3.05) is 5.32 Å². The molecule has 0 bridgehead atoms. The van der Waals surface area contributed by atoms with Gasteiger partial charge in [-0.15, -0.1) is 0 Å². The predicted molar refractivity (Wildman–Crippen MR) is 135 cm³/mol. The SMILES string of the molecule is O=C(/C=C/CCC[C@H](OC(=O)Nc1cccc2ccccc12)c1ccc(O)c2ccccc12)NO. The maximum atomic E-state index is 13.0. The lowest BCUT2D eigenvalue weighted by molar-refractivity contribution is -0.124. The van der Waals surface area contributed by atoms with E-state index in [9.17, 15) is 14.7 Å². The molecule has 0 aliphatic heterocycles. The van der Waals surface area contributed by atoms with Crippen LogP contribution in [0.1, 0.15) is 30.9 Å². The molecule has 4 aromatic carbocycles. The van der Waals surface area contributed by atoms with Gasteiger partial charge in [-0.05, 0) is 42.2 Å². The molecule has 0 heterocycles. The van der Waals surface area contributed by atoms with Crippen LogP contribution >= 0.6 is 0 Å². The number of carbonyl (C=O) groups excluding carboxylic acids is 2. The molecule has 0 saturated carbocycles. The van der Waals surface area contributed by atoms with Gasteiger partial charge in [0.05, 0.1) is 5.69 Å². The number of hydrogen-bond donors (Lipinski definition) is 4. The van der Waals surface area contributed by atoms with Crippen molar-refractivity contribution in [3.63, 3.8) is 0 Å². The van der Waals surface area contributed by atoms with Crippen LogP contribution in [0.15, 0.2) is 91.0 Å². The molecule has 1 atom stereocenters. The predicted octanol–water partition coefficient (Wildman–Crippen LogP) is 6.22. The number of anilines is 1. The van der Waals surface area contributed by atoms with Gasteiger partial charge in [-0.1, -0.05) is 72.8 Å². The van der Waals surface area contributed by atoms with Crippen LogP contribution in [0.3, 0.4) is 0 Å². The summed E-state index contributed by atoms with van der Waals surface area (Å²) in [7, 11) is 0. The molecule has 0 aliphatic rings. The molecular weight excluding hydrogens is 444 g/mol. The van der Waals surface area contributed by atoms with Gasteiger partial charge in [-0.25, -0.2) is 10.3 Å². The summed E-state index contributed by atoms with van der Waals surface area (Å²) < 4.78 is 5.91. The van der Waals surface area contributed by atoms with Gasteiger partial charge in [0.1, 0.15) is 11.9 Å². The highest BCUT2D eigenvalue weighted by Gasteiger charge is 2.20. The second kappa shape index (κ2) is 11.2. The Bertz CT molecular complexity index is 1380. The third kappa shape index (κ3) is 5.77. The van der Waals surface area contributed by atoms with Gasteiger partial charge in [0, 0.05) is 22.4 Å². The largest absolute Gasteiger partial charge is 0.507 e. The Morgan fingerprint density at radius 2 is 1.60 bits per heavy atom. The van der Waals surface area contributed by atoms with Gasteiger partial charge in [0.15, 0.2) is 0 Å². The minimum absolute atomic E-state index is 0.154. The van der Waals surface area contributed by atoms with E-state index in [0.29, 0.717) is 30.3 Å². The quantitative estimate of drug-likeness (QED) is 0.106. The van der Waals surface area contributed by atoms with Gasteiger partial charge < -0.3 is 9.84 Å². The standard InChI is InChI=1S/C28H26N2O5/c31-25-18-17-23(21-12-6-7-13-22(21)25)26(15-2-1-3-16-27(32)30-34)35-28(33)29-24-14-8-10-19-9-4-5-11-20(19)24/h3-14,16-18,26,31,34H,1-2,15H2,(H,29,33)(H,30,32)/b16-3+/t26-/m0/s1. The zero-order valence-corrected chi connectivity index (χ0v) is 19.0. The molecule has 0 aliphatic carbocycles. The number of hydrogen-bond acceptors (Lipinski definition) is 5. The minimum Gasteiger partial charge on any atom is -0.507 e. The Labute approximate surface area is 202 Å². The molecule has 0 spiro atoms. The molecule has 4 aromatic rings. The van der Waals surface area contributed by atoms with Crippen molar-refractivity contribution in [2.45, 2.75) is 25.4 Å². The van der Waals surface area contributed by atoms with E-state index in [-0.39, 0.29) is 5.75 Å². The first-order valence-corrected chi connectivity index (χ1v) is 11.3. The molecule has 35 heavy (non-hydrogen) atoms.